The lowest BCUT2D eigenvalue weighted by Crippen LogP contribution is -2.01. The van der Waals surface area contributed by atoms with Crippen LogP contribution in [0.2, 0.25) is 0 Å². The van der Waals surface area contributed by atoms with E-state index >= 15 is 0 Å². The molecule has 0 bridgehead atoms. The van der Waals surface area contributed by atoms with Crippen molar-refractivity contribution < 1.29 is 4.42 Å². The van der Waals surface area contributed by atoms with Crippen molar-refractivity contribution in [3.63, 3.8) is 0 Å². The first-order valence-corrected chi connectivity index (χ1v) is 16.5. The Labute approximate surface area is 282 Å². The first-order chi connectivity index (χ1) is 24.3. The number of hydrogen-bond acceptors (Lipinski definition) is 4. The van der Waals surface area contributed by atoms with Gasteiger partial charge in [0.1, 0.15) is 11.2 Å². The van der Waals surface area contributed by atoms with E-state index in [0.717, 1.165) is 49.8 Å². The molecule has 0 fully saturated rings. The van der Waals surface area contributed by atoms with Crippen LogP contribution in [0.5, 0.6) is 0 Å². The van der Waals surface area contributed by atoms with E-state index in [2.05, 4.69) is 103 Å². The Hall–Kier alpha value is -6.65. The van der Waals surface area contributed by atoms with Gasteiger partial charge in [0, 0.05) is 27.5 Å². The summed E-state index contributed by atoms with van der Waals surface area (Å²) in [5, 5.41) is 9.37. The minimum absolute atomic E-state index is 0.602. The molecular weight excluding hydrogens is 599 g/mol. The summed E-state index contributed by atoms with van der Waals surface area (Å²) in [4.78, 5) is 15.5. The maximum Gasteiger partial charge on any atom is 0.164 e. The fourth-order valence-electron chi connectivity index (χ4n) is 7.30. The van der Waals surface area contributed by atoms with Crippen LogP contribution in [0.25, 0.3) is 99.5 Å². The number of para-hydroxylation sites is 1. The minimum atomic E-state index is 0.602. The average Bonchev–Trinajstić information content (AvgIpc) is 3.56. The summed E-state index contributed by atoms with van der Waals surface area (Å²) in [5.41, 5.74) is 6.62. The molecule has 0 atom stereocenters. The van der Waals surface area contributed by atoms with Gasteiger partial charge < -0.3 is 4.42 Å². The first kappa shape index (κ1) is 27.5. The average molecular weight is 626 g/mol. The highest BCUT2D eigenvalue weighted by molar-refractivity contribution is 6.24. The van der Waals surface area contributed by atoms with Gasteiger partial charge in [-0.2, -0.15) is 0 Å². The number of benzene rings is 8. The fraction of sp³-hybridized carbons (Fsp3) is 0. The number of nitrogens with zero attached hydrogens (tertiary/aromatic N) is 3. The summed E-state index contributed by atoms with van der Waals surface area (Å²) in [5.74, 6) is 1.84. The van der Waals surface area contributed by atoms with Crippen molar-refractivity contribution in [2.75, 3.05) is 0 Å². The molecule has 2 aromatic heterocycles. The first-order valence-electron chi connectivity index (χ1n) is 16.5. The van der Waals surface area contributed by atoms with Gasteiger partial charge in [-0.1, -0.05) is 146 Å². The zero-order chi connectivity index (χ0) is 32.3. The van der Waals surface area contributed by atoms with Crippen molar-refractivity contribution in [1.82, 2.24) is 15.0 Å². The third-order valence-electron chi connectivity index (χ3n) is 9.52. The highest BCUT2D eigenvalue weighted by Gasteiger charge is 2.20. The van der Waals surface area contributed by atoms with Gasteiger partial charge in [-0.3, -0.25) is 0 Å². The molecule has 0 radical (unpaired) electrons. The third-order valence-corrected chi connectivity index (χ3v) is 9.52. The number of aromatic nitrogens is 3. The molecule has 0 aliphatic heterocycles. The van der Waals surface area contributed by atoms with E-state index in [-0.39, 0.29) is 0 Å². The molecule has 8 aromatic carbocycles. The van der Waals surface area contributed by atoms with E-state index in [4.69, 9.17) is 19.4 Å². The van der Waals surface area contributed by atoms with Crippen molar-refractivity contribution in [2.45, 2.75) is 0 Å². The van der Waals surface area contributed by atoms with E-state index in [1.807, 2.05) is 60.7 Å². The molecule has 0 amide bonds. The molecule has 2 heterocycles. The number of rotatable bonds is 4. The van der Waals surface area contributed by atoms with E-state index in [0.29, 0.717) is 17.5 Å². The molecule has 0 saturated carbocycles. The van der Waals surface area contributed by atoms with Crippen LogP contribution >= 0.6 is 0 Å². The van der Waals surface area contributed by atoms with E-state index in [1.165, 1.54) is 32.3 Å². The SMILES string of the molecule is c1ccc(-c2nc(-c3ccccc3-c3cc4ccccc4c4c3ccc3ccccc34)nc(-c3cccc4oc5ccccc5c34)n2)cc1. The molecule has 49 heavy (non-hydrogen) atoms. The van der Waals surface area contributed by atoms with E-state index in [1.54, 1.807) is 0 Å². The maximum absolute atomic E-state index is 6.26. The van der Waals surface area contributed by atoms with E-state index < -0.39 is 0 Å². The normalized spacial score (nSPS) is 11.7. The Kier molecular flexibility index (Phi) is 6.15. The Morgan fingerprint density at radius 2 is 0.918 bits per heavy atom. The molecular formula is C45H27N3O. The zero-order valence-electron chi connectivity index (χ0n) is 26.3. The largest absolute Gasteiger partial charge is 0.456 e. The Morgan fingerprint density at radius 1 is 0.327 bits per heavy atom. The summed E-state index contributed by atoms with van der Waals surface area (Å²) in [7, 11) is 0. The lowest BCUT2D eigenvalue weighted by Gasteiger charge is -2.16. The van der Waals surface area contributed by atoms with Gasteiger partial charge in [-0.05, 0) is 61.6 Å². The van der Waals surface area contributed by atoms with Crippen molar-refractivity contribution in [1.29, 1.82) is 0 Å². The summed E-state index contributed by atoms with van der Waals surface area (Å²) >= 11 is 0. The smallest absolute Gasteiger partial charge is 0.164 e. The van der Waals surface area contributed by atoms with Crippen LogP contribution in [0.3, 0.4) is 0 Å². The van der Waals surface area contributed by atoms with Gasteiger partial charge in [0.15, 0.2) is 17.5 Å². The standard InChI is InChI=1S/C45H27N3O/c1-2-14-29(15-3-1)43-46-44(48-45(47-43)37-22-12-24-40-42(37)36-21-10-11-23-39(36)49-40)35-20-9-8-19-33(35)38-27-30-16-5-7-18-32(30)41-31-17-6-4-13-28(31)25-26-34(38)41/h1-27H. The second-order valence-corrected chi connectivity index (χ2v) is 12.3. The molecule has 10 rings (SSSR count). The number of furan rings is 1. The van der Waals surface area contributed by atoms with Crippen molar-refractivity contribution >= 4 is 54.3 Å². The Morgan fingerprint density at radius 3 is 1.76 bits per heavy atom. The summed E-state index contributed by atoms with van der Waals surface area (Å²) < 4.78 is 6.26. The summed E-state index contributed by atoms with van der Waals surface area (Å²) in [6.07, 6.45) is 0. The molecule has 0 unspecified atom stereocenters. The highest BCUT2D eigenvalue weighted by atomic mass is 16.3. The monoisotopic (exact) mass is 625 g/mol. The lowest BCUT2D eigenvalue weighted by atomic mass is 9.88. The summed E-state index contributed by atoms with van der Waals surface area (Å²) in [6, 6.07) is 56.9. The topological polar surface area (TPSA) is 51.8 Å². The van der Waals surface area contributed by atoms with Gasteiger partial charge in [0.05, 0.1) is 0 Å². The molecule has 4 nitrogen and oxygen atoms in total. The number of hydrogen-bond donors (Lipinski definition) is 0. The van der Waals surface area contributed by atoms with Crippen molar-refractivity contribution in [3.8, 4) is 45.3 Å². The van der Waals surface area contributed by atoms with Gasteiger partial charge in [-0.25, -0.2) is 15.0 Å². The lowest BCUT2D eigenvalue weighted by molar-refractivity contribution is 0.669. The van der Waals surface area contributed by atoms with Crippen LogP contribution in [-0.4, -0.2) is 15.0 Å². The zero-order valence-corrected chi connectivity index (χ0v) is 26.3. The third kappa shape index (κ3) is 4.42. The second kappa shape index (κ2) is 11.0. The van der Waals surface area contributed by atoms with Gasteiger partial charge in [0.2, 0.25) is 0 Å². The quantitative estimate of drug-likeness (QED) is 0.183. The molecule has 228 valence electrons. The van der Waals surface area contributed by atoms with E-state index in [9.17, 15) is 0 Å². The van der Waals surface area contributed by atoms with Gasteiger partial charge >= 0.3 is 0 Å². The minimum Gasteiger partial charge on any atom is -0.456 e. The van der Waals surface area contributed by atoms with Crippen molar-refractivity contribution in [3.05, 3.63) is 164 Å². The van der Waals surface area contributed by atoms with Gasteiger partial charge in [-0.15, -0.1) is 0 Å². The molecule has 10 aromatic rings. The Bertz CT molecular complexity index is 2870. The molecule has 0 aliphatic carbocycles. The predicted molar refractivity (Wildman–Crippen MR) is 201 cm³/mol. The molecule has 0 spiro atoms. The van der Waals surface area contributed by atoms with Crippen LogP contribution in [0.15, 0.2) is 168 Å². The molecule has 0 N–H and O–H groups in total. The van der Waals surface area contributed by atoms with Crippen LogP contribution in [0.4, 0.5) is 0 Å². The second-order valence-electron chi connectivity index (χ2n) is 12.3. The van der Waals surface area contributed by atoms with Crippen LogP contribution in [-0.2, 0) is 0 Å². The van der Waals surface area contributed by atoms with Crippen molar-refractivity contribution in [2.24, 2.45) is 0 Å². The van der Waals surface area contributed by atoms with Gasteiger partial charge in [0.25, 0.3) is 0 Å². The van der Waals surface area contributed by atoms with Crippen LogP contribution in [0, 0.1) is 0 Å². The highest BCUT2D eigenvalue weighted by Crippen LogP contribution is 2.42. The Balaban J connectivity index is 1.27. The molecule has 0 saturated heterocycles. The molecule has 0 aliphatic rings. The predicted octanol–water partition coefficient (Wildman–Crippen LogP) is 11.9. The maximum atomic E-state index is 6.26. The number of fused-ring (bicyclic) bond motifs is 8. The van der Waals surface area contributed by atoms with Crippen LogP contribution < -0.4 is 0 Å². The molecule has 4 heteroatoms. The van der Waals surface area contributed by atoms with Crippen LogP contribution in [0.1, 0.15) is 0 Å². The fourth-order valence-corrected chi connectivity index (χ4v) is 7.30. The summed E-state index contributed by atoms with van der Waals surface area (Å²) in [6.45, 7) is 0.